The first kappa shape index (κ1) is 50.4. The minimum Gasteiger partial charge on any atom is -0.387 e. The van der Waals surface area contributed by atoms with Crippen molar-refractivity contribution in [2.24, 2.45) is 0 Å². The first-order chi connectivity index (χ1) is 35.1. The van der Waals surface area contributed by atoms with E-state index in [1.54, 1.807) is 0 Å². The Hall–Kier alpha value is -5.51. The van der Waals surface area contributed by atoms with Crippen LogP contribution >= 0.6 is 11.8 Å². The maximum absolute atomic E-state index is 12.5. The Labute approximate surface area is 421 Å². The van der Waals surface area contributed by atoms with Gasteiger partial charge in [0.05, 0.1) is 52.9 Å². The van der Waals surface area contributed by atoms with Crippen molar-refractivity contribution in [2.45, 2.75) is 105 Å². The van der Waals surface area contributed by atoms with Gasteiger partial charge in [0.25, 0.3) is 0 Å². The molecule has 0 spiro atoms. The predicted octanol–water partition coefficient (Wildman–Crippen LogP) is 10.7. The van der Waals surface area contributed by atoms with Gasteiger partial charge in [-0.3, -0.25) is 0 Å². The highest BCUT2D eigenvalue weighted by Crippen LogP contribution is 2.39. The highest BCUT2D eigenvalue weighted by atomic mass is 32.2. The third kappa shape index (κ3) is 14.8. The van der Waals surface area contributed by atoms with Crippen molar-refractivity contribution in [2.75, 3.05) is 13.2 Å². The quantitative estimate of drug-likeness (QED) is 0.0626. The first-order valence-corrected chi connectivity index (χ1v) is 25.2. The van der Waals surface area contributed by atoms with E-state index in [-0.39, 0.29) is 39.6 Å². The van der Waals surface area contributed by atoms with Crippen molar-refractivity contribution in [3.63, 3.8) is 0 Å². The van der Waals surface area contributed by atoms with Crippen LogP contribution in [0.1, 0.15) is 33.4 Å². The Kier molecular flexibility index (Phi) is 19.0. The number of thioether (sulfide) groups is 1. The highest BCUT2D eigenvalue weighted by Gasteiger charge is 2.54. The maximum atomic E-state index is 12.5. The van der Waals surface area contributed by atoms with Gasteiger partial charge in [-0.1, -0.05) is 212 Å². The zero-order valence-corrected chi connectivity index (χ0v) is 40.5. The molecule has 0 amide bonds. The van der Waals surface area contributed by atoms with Gasteiger partial charge >= 0.3 is 0 Å². The van der Waals surface area contributed by atoms with Gasteiger partial charge < -0.3 is 47.7 Å². The lowest BCUT2D eigenvalue weighted by Crippen LogP contribution is -2.65. The van der Waals surface area contributed by atoms with E-state index in [1.807, 2.05) is 212 Å². The molecule has 0 radical (unpaired) electrons. The standard InChI is InChI=1S/C60H62O10S/c61-53-56(65-39-47-28-14-4-15-29-47)55(52(43-63-37-45-24-10-2-11-25-45)69-60(53)71-50-34-20-7-21-35-50)70-59-58(67-41-49-32-18-6-19-33-49)57(66-40-48-30-16-5-17-31-48)54(64-38-46-26-12-3-13-27-46)51(68-59)42-62-36-44-22-8-1-9-23-44/h1-35,51-61H,36-43H2/t51-,52-,53-,54-,55-,56-,57+,58-,59-,60+/m1/s1. The highest BCUT2D eigenvalue weighted by molar-refractivity contribution is 7.99. The molecule has 2 fully saturated rings. The second kappa shape index (κ2) is 26.8. The molecule has 2 aliphatic heterocycles. The first-order valence-electron chi connectivity index (χ1n) is 24.3. The largest absolute Gasteiger partial charge is 0.387 e. The van der Waals surface area contributed by atoms with Gasteiger partial charge in [0.2, 0.25) is 0 Å². The number of rotatable bonds is 24. The Bertz CT molecular complexity index is 2530. The predicted molar refractivity (Wildman–Crippen MR) is 273 cm³/mol. The van der Waals surface area contributed by atoms with Crippen LogP contribution in [0, 0.1) is 0 Å². The maximum Gasteiger partial charge on any atom is 0.187 e. The fraction of sp³-hybridized carbons (Fsp3) is 0.300. The number of ether oxygens (including phenoxy) is 9. The van der Waals surface area contributed by atoms with Crippen molar-refractivity contribution in [1.29, 1.82) is 0 Å². The molecule has 368 valence electrons. The topological polar surface area (TPSA) is 103 Å². The molecule has 10 atom stereocenters. The van der Waals surface area contributed by atoms with Crippen LogP contribution in [0.3, 0.4) is 0 Å². The fourth-order valence-corrected chi connectivity index (χ4v) is 9.83. The average molecular weight is 975 g/mol. The van der Waals surface area contributed by atoms with E-state index in [1.165, 1.54) is 11.8 Å². The van der Waals surface area contributed by atoms with E-state index in [4.69, 9.17) is 42.6 Å². The molecule has 10 nitrogen and oxygen atoms in total. The SMILES string of the molecule is O[C@@H]1[C@@H](OCc2ccccc2)[C@H](O[C@H]2O[C@H](COCc3ccccc3)[C@@H](OCc3ccccc3)[C@H](OCc3ccccc3)[C@H]2OCc2ccccc2)[C@@H](COCc2ccccc2)O[C@H]1Sc1ccccc1. The lowest BCUT2D eigenvalue weighted by atomic mass is 9.96. The van der Waals surface area contributed by atoms with Crippen LogP contribution in [0.2, 0.25) is 0 Å². The van der Waals surface area contributed by atoms with Gasteiger partial charge in [-0.05, 0) is 45.5 Å². The fourth-order valence-electron chi connectivity index (χ4n) is 8.76. The molecular weight excluding hydrogens is 913 g/mol. The van der Waals surface area contributed by atoms with Crippen molar-refractivity contribution in [3.05, 3.63) is 246 Å². The van der Waals surface area contributed by atoms with Crippen molar-refractivity contribution >= 4 is 11.8 Å². The van der Waals surface area contributed by atoms with Crippen LogP contribution in [0.4, 0.5) is 0 Å². The van der Waals surface area contributed by atoms with Crippen molar-refractivity contribution in [3.8, 4) is 0 Å². The second-order valence-corrected chi connectivity index (χ2v) is 18.8. The summed E-state index contributed by atoms with van der Waals surface area (Å²) in [6.45, 7) is 1.91. The summed E-state index contributed by atoms with van der Waals surface area (Å²) in [5.74, 6) is 0. The van der Waals surface area contributed by atoms with E-state index in [2.05, 4.69) is 0 Å². The van der Waals surface area contributed by atoms with Crippen molar-refractivity contribution < 1.29 is 47.7 Å². The van der Waals surface area contributed by atoms with Crippen LogP contribution in [0.5, 0.6) is 0 Å². The molecule has 2 heterocycles. The Morgan fingerprint density at radius 1 is 0.352 bits per heavy atom. The number of benzene rings is 7. The molecule has 1 N–H and O–H groups in total. The Morgan fingerprint density at radius 2 is 0.690 bits per heavy atom. The Morgan fingerprint density at radius 3 is 1.11 bits per heavy atom. The molecule has 9 rings (SSSR count). The monoisotopic (exact) mass is 974 g/mol. The zero-order chi connectivity index (χ0) is 48.3. The zero-order valence-electron chi connectivity index (χ0n) is 39.7. The normalized spacial score (nSPS) is 24.4. The van der Waals surface area contributed by atoms with E-state index in [9.17, 15) is 5.11 Å². The molecule has 11 heteroatoms. The molecule has 0 bridgehead atoms. The van der Waals surface area contributed by atoms with E-state index < -0.39 is 60.6 Å². The van der Waals surface area contributed by atoms with Crippen LogP contribution in [0.15, 0.2) is 217 Å². The molecule has 2 aliphatic rings. The lowest BCUT2D eigenvalue weighted by Gasteiger charge is -2.49. The molecule has 7 aromatic carbocycles. The summed E-state index contributed by atoms with van der Waals surface area (Å²) in [6, 6.07) is 69.9. The number of hydrogen-bond donors (Lipinski definition) is 1. The summed E-state index contributed by atoms with van der Waals surface area (Å²) >= 11 is 1.43. The van der Waals surface area contributed by atoms with E-state index in [0.717, 1.165) is 38.3 Å². The molecule has 0 unspecified atom stereocenters. The molecule has 0 saturated carbocycles. The van der Waals surface area contributed by atoms with Crippen LogP contribution < -0.4 is 0 Å². The minimum atomic E-state index is -1.15. The van der Waals surface area contributed by atoms with Gasteiger partial charge in [0, 0.05) is 4.90 Å². The molecule has 2 saturated heterocycles. The van der Waals surface area contributed by atoms with Gasteiger partial charge in [-0.2, -0.15) is 0 Å². The summed E-state index contributed by atoms with van der Waals surface area (Å²) in [7, 11) is 0. The molecule has 7 aromatic rings. The van der Waals surface area contributed by atoms with Gasteiger partial charge in [-0.25, -0.2) is 0 Å². The van der Waals surface area contributed by atoms with Gasteiger partial charge in [0.15, 0.2) is 6.29 Å². The Balaban J connectivity index is 1.09. The van der Waals surface area contributed by atoms with Gasteiger partial charge in [0.1, 0.15) is 54.3 Å². The summed E-state index contributed by atoms with van der Waals surface area (Å²) in [5.41, 5.74) is 5.16. The smallest absolute Gasteiger partial charge is 0.187 e. The second-order valence-electron chi connectivity index (χ2n) is 17.7. The number of hydrogen-bond acceptors (Lipinski definition) is 11. The summed E-state index contributed by atoms with van der Waals surface area (Å²) in [5, 5.41) is 12.5. The van der Waals surface area contributed by atoms with E-state index in [0.29, 0.717) is 13.2 Å². The van der Waals surface area contributed by atoms with Crippen LogP contribution in [-0.4, -0.2) is 78.9 Å². The molecule has 0 aliphatic carbocycles. The average Bonchev–Trinajstić information content (AvgIpc) is 3.42. The number of aliphatic hydroxyl groups is 1. The summed E-state index contributed by atoms with van der Waals surface area (Å²) in [4.78, 5) is 0.935. The van der Waals surface area contributed by atoms with Crippen LogP contribution in [0.25, 0.3) is 0 Å². The van der Waals surface area contributed by atoms with Crippen molar-refractivity contribution in [1.82, 2.24) is 0 Å². The molecular formula is C60H62O10S. The third-order valence-corrected chi connectivity index (χ3v) is 13.6. The summed E-state index contributed by atoms with van der Waals surface area (Å²) in [6.07, 6.45) is -7.89. The number of aliphatic hydroxyl groups excluding tert-OH is 1. The van der Waals surface area contributed by atoms with Crippen LogP contribution in [-0.2, 0) is 82.3 Å². The summed E-state index contributed by atoms with van der Waals surface area (Å²) < 4.78 is 62.3. The lowest BCUT2D eigenvalue weighted by molar-refractivity contribution is -0.358. The third-order valence-electron chi connectivity index (χ3n) is 12.4. The van der Waals surface area contributed by atoms with E-state index >= 15 is 0 Å². The molecule has 0 aromatic heterocycles. The minimum absolute atomic E-state index is 0.117. The molecule has 71 heavy (non-hydrogen) atoms. The van der Waals surface area contributed by atoms with Gasteiger partial charge in [-0.15, -0.1) is 0 Å².